The summed E-state index contributed by atoms with van der Waals surface area (Å²) in [7, 11) is 5.65. The number of carbonyl (C=O) groups is 2. The molecule has 7 nitrogen and oxygen atoms in total. The Morgan fingerprint density at radius 2 is 1.32 bits per heavy atom. The monoisotopic (exact) mass is 385 g/mol. The third-order valence-corrected chi connectivity index (χ3v) is 4.28. The second-order valence-electron chi connectivity index (χ2n) is 5.99. The van der Waals surface area contributed by atoms with E-state index in [-0.39, 0.29) is 11.1 Å². The van der Waals surface area contributed by atoms with Gasteiger partial charge in [-0.05, 0) is 26.0 Å². The highest BCUT2D eigenvalue weighted by molar-refractivity contribution is 5.98. The van der Waals surface area contributed by atoms with Crippen LogP contribution < -0.4 is 14.8 Å². The molecule has 2 rings (SSSR count). The highest BCUT2D eigenvalue weighted by Gasteiger charge is 2.35. The summed E-state index contributed by atoms with van der Waals surface area (Å²) in [5, 5.41) is 3.02. The Balaban J connectivity index is 2.60. The number of hydrogen-bond donors (Lipinski definition) is 1. The number of carbonyl (C=O) groups excluding carboxylic acids is 2. The van der Waals surface area contributed by atoms with E-state index in [0.29, 0.717) is 28.5 Å². The average Bonchev–Trinajstić information content (AvgIpc) is 2.70. The summed E-state index contributed by atoms with van der Waals surface area (Å²) in [6.07, 6.45) is 0. The normalized spacial score (nSPS) is 13.9. The minimum Gasteiger partial charge on any atom is -0.497 e. The van der Waals surface area contributed by atoms with Gasteiger partial charge in [-0.1, -0.05) is 11.8 Å². The molecule has 0 saturated heterocycles. The third-order valence-electron chi connectivity index (χ3n) is 4.28. The molecule has 148 valence electrons. The van der Waals surface area contributed by atoms with Gasteiger partial charge in [-0.25, -0.2) is 9.59 Å². The molecule has 0 unspecified atom stereocenters. The van der Waals surface area contributed by atoms with Crippen molar-refractivity contribution in [2.24, 2.45) is 5.92 Å². The second-order valence-corrected chi connectivity index (χ2v) is 5.99. The molecule has 1 N–H and O–H groups in total. The Kier molecular flexibility index (Phi) is 6.72. The minimum absolute atomic E-state index is 0.260. The van der Waals surface area contributed by atoms with Crippen LogP contribution in [0.4, 0.5) is 0 Å². The van der Waals surface area contributed by atoms with E-state index in [1.807, 2.05) is 0 Å². The molecule has 0 radical (unpaired) electrons. The van der Waals surface area contributed by atoms with Gasteiger partial charge in [0, 0.05) is 23.0 Å². The predicted octanol–water partition coefficient (Wildman–Crippen LogP) is 2.17. The van der Waals surface area contributed by atoms with Crippen LogP contribution in [-0.2, 0) is 19.1 Å². The Morgan fingerprint density at radius 3 is 1.71 bits per heavy atom. The Morgan fingerprint density at radius 1 is 0.857 bits per heavy atom. The molecule has 28 heavy (non-hydrogen) atoms. The second kappa shape index (κ2) is 9.00. The molecule has 0 amide bonds. The number of esters is 2. The first kappa shape index (κ1) is 20.9. The van der Waals surface area contributed by atoms with Gasteiger partial charge in [0.2, 0.25) is 0 Å². The number of rotatable bonds is 4. The van der Waals surface area contributed by atoms with E-state index in [1.54, 1.807) is 46.3 Å². The number of ether oxygens (including phenoxy) is 4. The molecule has 1 aromatic carbocycles. The fourth-order valence-corrected chi connectivity index (χ4v) is 2.93. The van der Waals surface area contributed by atoms with Crippen molar-refractivity contribution >= 4 is 11.9 Å². The summed E-state index contributed by atoms with van der Waals surface area (Å²) < 4.78 is 20.3. The van der Waals surface area contributed by atoms with Crippen LogP contribution >= 0.6 is 0 Å². The molecule has 1 heterocycles. The zero-order valence-corrected chi connectivity index (χ0v) is 16.8. The van der Waals surface area contributed by atoms with Gasteiger partial charge in [0.25, 0.3) is 0 Å². The first-order valence-electron chi connectivity index (χ1n) is 8.46. The summed E-state index contributed by atoms with van der Waals surface area (Å²) in [6.45, 7) is 3.46. The fraction of sp³-hybridized carbons (Fsp3) is 0.333. The largest absolute Gasteiger partial charge is 0.497 e. The number of dihydropyridines is 1. The van der Waals surface area contributed by atoms with Crippen molar-refractivity contribution in [3.63, 3.8) is 0 Å². The fourth-order valence-electron chi connectivity index (χ4n) is 2.93. The number of allylic oxidation sites excluding steroid dienone is 2. The molecule has 1 aromatic rings. The molecule has 1 aliphatic rings. The van der Waals surface area contributed by atoms with Crippen molar-refractivity contribution in [2.45, 2.75) is 13.8 Å². The van der Waals surface area contributed by atoms with Crippen LogP contribution in [0.2, 0.25) is 0 Å². The van der Waals surface area contributed by atoms with Crippen LogP contribution in [0.5, 0.6) is 11.5 Å². The van der Waals surface area contributed by atoms with E-state index in [1.165, 1.54) is 14.2 Å². The van der Waals surface area contributed by atoms with Crippen molar-refractivity contribution in [3.8, 4) is 23.3 Å². The standard InChI is InChI=1S/C21H23NO6/c1-12-18(20(23)27-5)17(19(13(2)22-12)21(24)28-6)8-7-14-9-15(25-3)11-16(10-14)26-4/h9-11,17,22H,1-6H3. The van der Waals surface area contributed by atoms with E-state index in [0.717, 1.165) is 0 Å². The Hall–Kier alpha value is -3.40. The van der Waals surface area contributed by atoms with Crippen molar-refractivity contribution in [2.75, 3.05) is 28.4 Å². The zero-order valence-electron chi connectivity index (χ0n) is 16.8. The molecule has 0 spiro atoms. The van der Waals surface area contributed by atoms with Crippen molar-refractivity contribution < 1.29 is 28.5 Å². The molecular formula is C21H23NO6. The molecular weight excluding hydrogens is 362 g/mol. The van der Waals surface area contributed by atoms with Crippen LogP contribution in [0.15, 0.2) is 40.7 Å². The first-order chi connectivity index (χ1) is 13.4. The molecule has 0 fully saturated rings. The lowest BCUT2D eigenvalue weighted by Crippen LogP contribution is -2.32. The molecule has 7 heteroatoms. The van der Waals surface area contributed by atoms with Crippen LogP contribution in [-0.4, -0.2) is 40.4 Å². The molecule has 1 aliphatic heterocycles. The Labute approximate surface area is 164 Å². The summed E-state index contributed by atoms with van der Waals surface area (Å²) in [6, 6.07) is 5.20. The lowest BCUT2D eigenvalue weighted by molar-refractivity contribution is -0.137. The highest BCUT2D eigenvalue weighted by atomic mass is 16.5. The van der Waals surface area contributed by atoms with Crippen molar-refractivity contribution in [3.05, 3.63) is 46.3 Å². The molecule has 0 bridgehead atoms. The lowest BCUT2D eigenvalue weighted by atomic mass is 9.85. The van der Waals surface area contributed by atoms with Gasteiger partial charge in [-0.3, -0.25) is 0 Å². The van der Waals surface area contributed by atoms with Crippen molar-refractivity contribution in [1.82, 2.24) is 5.32 Å². The van der Waals surface area contributed by atoms with Crippen LogP contribution in [0.3, 0.4) is 0 Å². The first-order valence-corrected chi connectivity index (χ1v) is 8.46. The van der Waals surface area contributed by atoms with Crippen molar-refractivity contribution in [1.29, 1.82) is 0 Å². The van der Waals surface area contributed by atoms with E-state index in [2.05, 4.69) is 17.2 Å². The topological polar surface area (TPSA) is 83.1 Å². The average molecular weight is 385 g/mol. The van der Waals surface area contributed by atoms with E-state index >= 15 is 0 Å². The van der Waals surface area contributed by atoms with E-state index < -0.39 is 17.9 Å². The number of methoxy groups -OCH3 is 4. The molecule has 0 atom stereocenters. The van der Waals surface area contributed by atoms with Gasteiger partial charge in [0.05, 0.1) is 45.5 Å². The van der Waals surface area contributed by atoms with E-state index in [9.17, 15) is 9.59 Å². The van der Waals surface area contributed by atoms with Crippen LogP contribution in [0.1, 0.15) is 19.4 Å². The van der Waals surface area contributed by atoms with Gasteiger partial charge in [0.15, 0.2) is 0 Å². The van der Waals surface area contributed by atoms with Gasteiger partial charge in [0.1, 0.15) is 11.5 Å². The molecule has 0 aliphatic carbocycles. The minimum atomic E-state index is -0.807. The smallest absolute Gasteiger partial charge is 0.337 e. The maximum Gasteiger partial charge on any atom is 0.337 e. The Bertz CT molecular complexity index is 856. The predicted molar refractivity (Wildman–Crippen MR) is 102 cm³/mol. The zero-order chi connectivity index (χ0) is 20.8. The summed E-state index contributed by atoms with van der Waals surface area (Å²) in [5.41, 5.74) is 2.27. The summed E-state index contributed by atoms with van der Waals surface area (Å²) >= 11 is 0. The highest BCUT2D eigenvalue weighted by Crippen LogP contribution is 2.31. The van der Waals surface area contributed by atoms with Gasteiger partial charge < -0.3 is 24.3 Å². The quantitative estimate of drug-likeness (QED) is 0.628. The molecule has 0 aromatic heterocycles. The maximum absolute atomic E-state index is 12.4. The maximum atomic E-state index is 12.4. The SMILES string of the molecule is COC(=O)C1=C(C)NC(C)=C(C(=O)OC)C1C#Cc1cc(OC)cc(OC)c1. The summed E-state index contributed by atoms with van der Waals surface area (Å²) in [4.78, 5) is 24.7. The lowest BCUT2D eigenvalue weighted by Gasteiger charge is -2.26. The van der Waals surface area contributed by atoms with E-state index in [4.69, 9.17) is 18.9 Å². The number of nitrogens with one attached hydrogen (secondary N) is 1. The van der Waals surface area contributed by atoms with Gasteiger partial charge in [-0.2, -0.15) is 0 Å². The van der Waals surface area contributed by atoms with Crippen LogP contribution in [0, 0.1) is 17.8 Å². The molecule has 0 saturated carbocycles. The number of benzene rings is 1. The van der Waals surface area contributed by atoms with Crippen LogP contribution in [0.25, 0.3) is 0 Å². The third kappa shape index (κ3) is 4.29. The summed E-state index contributed by atoms with van der Waals surface area (Å²) in [5.74, 6) is 5.23. The van der Waals surface area contributed by atoms with Gasteiger partial charge in [-0.15, -0.1) is 0 Å². The number of hydrogen-bond acceptors (Lipinski definition) is 7. The van der Waals surface area contributed by atoms with Gasteiger partial charge >= 0.3 is 11.9 Å².